The van der Waals surface area contributed by atoms with E-state index in [-0.39, 0.29) is 37.5 Å². The summed E-state index contributed by atoms with van der Waals surface area (Å²) in [7, 11) is 0. The molecular formula is C58H100O6. The Morgan fingerprint density at radius 3 is 0.969 bits per heavy atom. The Hall–Kier alpha value is -3.15. The number of carbonyl (C=O) groups is 3. The summed E-state index contributed by atoms with van der Waals surface area (Å²) in [5, 5.41) is 0. The smallest absolute Gasteiger partial charge is 0.306 e. The maximum Gasteiger partial charge on any atom is 0.306 e. The van der Waals surface area contributed by atoms with E-state index in [1.165, 1.54) is 135 Å². The maximum absolute atomic E-state index is 12.8. The molecule has 0 aromatic heterocycles. The highest BCUT2D eigenvalue weighted by Crippen LogP contribution is 2.15. The van der Waals surface area contributed by atoms with Gasteiger partial charge in [0, 0.05) is 19.3 Å². The van der Waals surface area contributed by atoms with Crippen molar-refractivity contribution in [2.75, 3.05) is 13.2 Å². The monoisotopic (exact) mass is 893 g/mol. The molecule has 6 heteroatoms. The van der Waals surface area contributed by atoms with Crippen LogP contribution in [0, 0.1) is 0 Å². The lowest BCUT2D eigenvalue weighted by atomic mass is 10.0. The molecule has 0 unspecified atom stereocenters. The summed E-state index contributed by atoms with van der Waals surface area (Å²) in [6, 6.07) is 0. The van der Waals surface area contributed by atoms with Gasteiger partial charge in [-0.25, -0.2) is 0 Å². The third-order valence-electron chi connectivity index (χ3n) is 11.4. The van der Waals surface area contributed by atoms with E-state index in [0.717, 1.165) is 77.0 Å². The normalized spacial score (nSPS) is 12.6. The largest absolute Gasteiger partial charge is 0.462 e. The first-order valence-electron chi connectivity index (χ1n) is 26.9. The molecule has 0 spiro atoms. The number of carbonyl (C=O) groups excluding carboxylic acids is 3. The van der Waals surface area contributed by atoms with Gasteiger partial charge in [0.1, 0.15) is 13.2 Å². The average molecular weight is 893 g/mol. The predicted molar refractivity (Wildman–Crippen MR) is 274 cm³/mol. The van der Waals surface area contributed by atoms with E-state index in [4.69, 9.17) is 14.2 Å². The fourth-order valence-corrected chi connectivity index (χ4v) is 7.35. The van der Waals surface area contributed by atoms with Crippen molar-refractivity contribution in [1.29, 1.82) is 0 Å². The van der Waals surface area contributed by atoms with Crippen molar-refractivity contribution in [3.05, 3.63) is 72.9 Å². The van der Waals surface area contributed by atoms with Crippen molar-refractivity contribution in [1.82, 2.24) is 0 Å². The maximum atomic E-state index is 12.8. The summed E-state index contributed by atoms with van der Waals surface area (Å²) >= 11 is 0. The molecule has 0 aliphatic heterocycles. The molecule has 0 aliphatic rings. The number of hydrogen-bond acceptors (Lipinski definition) is 6. The SMILES string of the molecule is CCCCC/C=C\C/C=C\C/C=C\C/C=C\CCCC(=O)OC[C@@H](COC(=O)CCCCCCCCCCCCCC)OC(=O)CCCCCCCCC/C=C\C/C=C\CCCCC. The minimum Gasteiger partial charge on any atom is -0.462 e. The van der Waals surface area contributed by atoms with Gasteiger partial charge >= 0.3 is 17.9 Å². The van der Waals surface area contributed by atoms with Crippen LogP contribution in [0.3, 0.4) is 0 Å². The second-order valence-corrected chi connectivity index (χ2v) is 17.8. The van der Waals surface area contributed by atoms with Crippen LogP contribution >= 0.6 is 0 Å². The molecule has 0 N–H and O–H groups in total. The van der Waals surface area contributed by atoms with Crippen molar-refractivity contribution in [3.63, 3.8) is 0 Å². The highest BCUT2D eigenvalue weighted by molar-refractivity contribution is 5.71. The van der Waals surface area contributed by atoms with Crippen molar-refractivity contribution in [2.24, 2.45) is 0 Å². The quantitative estimate of drug-likeness (QED) is 0.0262. The van der Waals surface area contributed by atoms with Crippen LogP contribution in [0.15, 0.2) is 72.9 Å². The van der Waals surface area contributed by atoms with Crippen molar-refractivity contribution < 1.29 is 28.6 Å². The van der Waals surface area contributed by atoms with Gasteiger partial charge in [-0.15, -0.1) is 0 Å². The van der Waals surface area contributed by atoms with Gasteiger partial charge in [0.05, 0.1) is 0 Å². The van der Waals surface area contributed by atoms with Crippen LogP contribution in [0.2, 0.25) is 0 Å². The molecule has 0 radical (unpaired) electrons. The molecule has 0 amide bonds. The molecule has 0 bridgehead atoms. The molecule has 1 atom stereocenters. The van der Waals surface area contributed by atoms with E-state index in [1.54, 1.807) is 0 Å². The topological polar surface area (TPSA) is 78.9 Å². The Bertz CT molecular complexity index is 1210. The molecule has 0 aromatic carbocycles. The first-order valence-corrected chi connectivity index (χ1v) is 26.9. The van der Waals surface area contributed by atoms with Crippen molar-refractivity contribution in [2.45, 2.75) is 264 Å². The number of unbranched alkanes of at least 4 members (excludes halogenated alkanes) is 25. The van der Waals surface area contributed by atoms with E-state index >= 15 is 0 Å². The zero-order chi connectivity index (χ0) is 46.5. The highest BCUT2D eigenvalue weighted by Gasteiger charge is 2.19. The summed E-state index contributed by atoms with van der Waals surface area (Å²) < 4.78 is 16.8. The lowest BCUT2D eigenvalue weighted by Crippen LogP contribution is -2.30. The number of ether oxygens (including phenoxy) is 3. The van der Waals surface area contributed by atoms with E-state index in [0.29, 0.717) is 19.3 Å². The summed E-state index contributed by atoms with van der Waals surface area (Å²) in [6.45, 7) is 6.54. The van der Waals surface area contributed by atoms with Gasteiger partial charge in [-0.3, -0.25) is 14.4 Å². The lowest BCUT2D eigenvalue weighted by Gasteiger charge is -2.18. The summed E-state index contributed by atoms with van der Waals surface area (Å²) in [6.07, 6.45) is 66.0. The molecule has 0 aliphatic carbocycles. The molecular weight excluding hydrogens is 793 g/mol. The molecule has 0 saturated heterocycles. The van der Waals surface area contributed by atoms with Gasteiger partial charge in [-0.2, -0.15) is 0 Å². The lowest BCUT2D eigenvalue weighted by molar-refractivity contribution is -0.167. The standard InChI is InChI=1S/C58H100O6/c1-4-7-10-13-16-19-22-25-27-29-31-33-36-39-42-45-48-51-57(60)63-54-55(53-62-56(59)50-47-44-41-38-35-24-21-18-15-12-9-6-3)64-58(61)52-49-46-43-40-37-34-32-30-28-26-23-20-17-14-11-8-5-2/h16-17,19-20,25-28,31,33,39,42,55H,4-15,18,21-24,29-30,32,34-38,40-41,43-54H2,1-3H3/b19-16-,20-17-,27-25-,28-26-,33-31-,42-39-/t55-/m1/s1. The Morgan fingerprint density at radius 2 is 0.578 bits per heavy atom. The van der Waals surface area contributed by atoms with Crippen molar-refractivity contribution >= 4 is 17.9 Å². The number of hydrogen-bond donors (Lipinski definition) is 0. The Morgan fingerprint density at radius 1 is 0.312 bits per heavy atom. The number of allylic oxidation sites excluding steroid dienone is 12. The summed E-state index contributed by atoms with van der Waals surface area (Å²) in [5.41, 5.74) is 0. The van der Waals surface area contributed by atoms with E-state index in [9.17, 15) is 14.4 Å². The molecule has 64 heavy (non-hydrogen) atoms. The van der Waals surface area contributed by atoms with E-state index < -0.39 is 6.10 Å². The second kappa shape index (κ2) is 52.5. The second-order valence-electron chi connectivity index (χ2n) is 17.8. The van der Waals surface area contributed by atoms with E-state index in [2.05, 4.69) is 93.7 Å². The molecule has 0 saturated carbocycles. The predicted octanol–water partition coefficient (Wildman–Crippen LogP) is 17.8. The van der Waals surface area contributed by atoms with Gasteiger partial charge in [0.15, 0.2) is 6.10 Å². The van der Waals surface area contributed by atoms with Crippen LogP contribution in [-0.2, 0) is 28.6 Å². The van der Waals surface area contributed by atoms with Crippen LogP contribution in [0.25, 0.3) is 0 Å². The third-order valence-corrected chi connectivity index (χ3v) is 11.4. The molecule has 368 valence electrons. The van der Waals surface area contributed by atoms with Crippen LogP contribution in [0.1, 0.15) is 258 Å². The summed E-state index contributed by atoms with van der Waals surface area (Å²) in [4.78, 5) is 38.0. The minimum atomic E-state index is -0.799. The fraction of sp³-hybridized carbons (Fsp3) is 0.741. The van der Waals surface area contributed by atoms with E-state index in [1.807, 2.05) is 0 Å². The van der Waals surface area contributed by atoms with Crippen LogP contribution in [0.5, 0.6) is 0 Å². The first-order chi connectivity index (χ1) is 31.5. The number of esters is 3. The van der Waals surface area contributed by atoms with Gasteiger partial charge in [-0.1, -0.05) is 222 Å². The van der Waals surface area contributed by atoms with Gasteiger partial charge in [0.25, 0.3) is 0 Å². The Balaban J connectivity index is 4.47. The molecule has 0 rings (SSSR count). The third kappa shape index (κ3) is 49.9. The molecule has 0 heterocycles. The first kappa shape index (κ1) is 60.9. The minimum absolute atomic E-state index is 0.0940. The van der Waals surface area contributed by atoms with Gasteiger partial charge in [-0.05, 0) is 89.9 Å². The Kier molecular flexibility index (Phi) is 49.9. The molecule has 0 aromatic rings. The van der Waals surface area contributed by atoms with Crippen LogP contribution in [0.4, 0.5) is 0 Å². The zero-order valence-electron chi connectivity index (χ0n) is 42.0. The number of rotatable bonds is 48. The zero-order valence-corrected chi connectivity index (χ0v) is 42.0. The Labute approximate surface area is 395 Å². The molecule has 6 nitrogen and oxygen atoms in total. The summed E-state index contributed by atoms with van der Waals surface area (Å²) in [5.74, 6) is -0.956. The molecule has 0 fully saturated rings. The fourth-order valence-electron chi connectivity index (χ4n) is 7.35. The van der Waals surface area contributed by atoms with Crippen LogP contribution in [-0.4, -0.2) is 37.2 Å². The average Bonchev–Trinajstić information content (AvgIpc) is 3.29. The van der Waals surface area contributed by atoms with Crippen LogP contribution < -0.4 is 0 Å². The van der Waals surface area contributed by atoms with Gasteiger partial charge < -0.3 is 14.2 Å². The van der Waals surface area contributed by atoms with Crippen molar-refractivity contribution in [3.8, 4) is 0 Å². The van der Waals surface area contributed by atoms with Gasteiger partial charge in [0.2, 0.25) is 0 Å². The highest BCUT2D eigenvalue weighted by atomic mass is 16.6.